The standard InChI is InChI=1S/C18H15ClN4O4S/c19-12-4-5-16-14(9-12)15(6-7-28(16,25)26)22-18(24)21-13-3-1-2-11(8-13)17-23-20-10-27-17/h1-5,8-10,15H,6-7H2,(H2,21,22,24). The summed E-state index contributed by atoms with van der Waals surface area (Å²) in [5, 5.41) is 13.4. The minimum absolute atomic E-state index is 0.0424. The van der Waals surface area contributed by atoms with Crippen LogP contribution in [0.4, 0.5) is 10.5 Å². The zero-order valence-electron chi connectivity index (χ0n) is 14.4. The maximum absolute atomic E-state index is 12.5. The van der Waals surface area contributed by atoms with Crippen LogP contribution in [0, 0.1) is 0 Å². The summed E-state index contributed by atoms with van der Waals surface area (Å²) in [5.74, 6) is 0.296. The summed E-state index contributed by atoms with van der Waals surface area (Å²) in [7, 11) is -3.37. The molecule has 3 aromatic rings. The molecular weight excluding hydrogens is 404 g/mol. The first-order valence-corrected chi connectivity index (χ1v) is 10.4. The summed E-state index contributed by atoms with van der Waals surface area (Å²) < 4.78 is 29.7. The van der Waals surface area contributed by atoms with Gasteiger partial charge in [0.1, 0.15) is 0 Å². The molecule has 2 heterocycles. The van der Waals surface area contributed by atoms with E-state index in [1.807, 2.05) is 0 Å². The second-order valence-corrected chi connectivity index (χ2v) is 8.78. The van der Waals surface area contributed by atoms with Gasteiger partial charge in [-0.25, -0.2) is 13.2 Å². The number of carbonyl (C=O) groups is 1. The highest BCUT2D eigenvalue weighted by Gasteiger charge is 2.31. The minimum Gasteiger partial charge on any atom is -0.423 e. The molecule has 1 aliphatic rings. The molecule has 2 amide bonds. The Labute approximate surface area is 165 Å². The fourth-order valence-electron chi connectivity index (χ4n) is 3.12. The molecule has 0 bridgehead atoms. The van der Waals surface area contributed by atoms with Crippen molar-refractivity contribution in [1.29, 1.82) is 0 Å². The van der Waals surface area contributed by atoms with Gasteiger partial charge in [-0.15, -0.1) is 10.2 Å². The summed E-state index contributed by atoms with van der Waals surface area (Å²) in [6, 6.07) is 10.6. The van der Waals surface area contributed by atoms with E-state index in [2.05, 4.69) is 20.8 Å². The average molecular weight is 419 g/mol. The van der Waals surface area contributed by atoms with E-state index in [1.54, 1.807) is 30.3 Å². The molecule has 1 aromatic heterocycles. The monoisotopic (exact) mass is 418 g/mol. The number of hydrogen-bond acceptors (Lipinski definition) is 6. The van der Waals surface area contributed by atoms with E-state index in [-0.39, 0.29) is 17.1 Å². The summed E-state index contributed by atoms with van der Waals surface area (Å²) in [6.07, 6.45) is 1.49. The van der Waals surface area contributed by atoms with Crippen molar-refractivity contribution in [2.45, 2.75) is 17.4 Å². The Bertz CT molecular complexity index is 1130. The minimum atomic E-state index is -3.37. The van der Waals surface area contributed by atoms with Crippen LogP contribution in [0.25, 0.3) is 11.5 Å². The lowest BCUT2D eigenvalue weighted by Gasteiger charge is -2.26. The van der Waals surface area contributed by atoms with E-state index in [1.165, 1.54) is 18.5 Å². The van der Waals surface area contributed by atoms with Crippen molar-refractivity contribution in [3.05, 3.63) is 59.4 Å². The SMILES string of the molecule is O=C(Nc1cccc(-c2nnco2)c1)NC1CCS(=O)(=O)c2ccc(Cl)cc21. The molecule has 0 saturated carbocycles. The van der Waals surface area contributed by atoms with Gasteiger partial charge in [-0.3, -0.25) is 0 Å². The lowest BCUT2D eigenvalue weighted by Crippen LogP contribution is -2.36. The molecule has 28 heavy (non-hydrogen) atoms. The highest BCUT2D eigenvalue weighted by Crippen LogP contribution is 2.34. The Morgan fingerprint density at radius 1 is 1.21 bits per heavy atom. The number of urea groups is 1. The average Bonchev–Trinajstić information content (AvgIpc) is 3.19. The fraction of sp³-hybridized carbons (Fsp3) is 0.167. The highest BCUT2D eigenvalue weighted by molar-refractivity contribution is 7.91. The Kier molecular flexibility index (Phi) is 4.78. The number of aromatic nitrogens is 2. The summed E-state index contributed by atoms with van der Waals surface area (Å²) in [6.45, 7) is 0. The number of carbonyl (C=O) groups excluding carboxylic acids is 1. The topological polar surface area (TPSA) is 114 Å². The number of hydrogen-bond donors (Lipinski definition) is 2. The number of nitrogens with one attached hydrogen (secondary N) is 2. The van der Waals surface area contributed by atoms with Crippen LogP contribution in [0.15, 0.2) is 58.2 Å². The van der Waals surface area contributed by atoms with Crippen molar-refractivity contribution >= 4 is 33.2 Å². The number of rotatable bonds is 3. The largest absolute Gasteiger partial charge is 0.423 e. The fourth-order valence-corrected chi connectivity index (χ4v) is 4.90. The number of anilines is 1. The first kappa shape index (κ1) is 18.5. The van der Waals surface area contributed by atoms with Crippen LogP contribution >= 0.6 is 11.6 Å². The smallest absolute Gasteiger partial charge is 0.319 e. The Balaban J connectivity index is 1.52. The number of benzene rings is 2. The van der Waals surface area contributed by atoms with Gasteiger partial charge in [-0.1, -0.05) is 17.7 Å². The van der Waals surface area contributed by atoms with Gasteiger partial charge in [0.2, 0.25) is 12.3 Å². The molecule has 0 fully saturated rings. The molecule has 4 rings (SSSR count). The zero-order chi connectivity index (χ0) is 19.7. The molecule has 8 nitrogen and oxygen atoms in total. The summed E-state index contributed by atoms with van der Waals surface area (Å²) in [5.41, 5.74) is 1.69. The van der Waals surface area contributed by atoms with E-state index < -0.39 is 21.9 Å². The molecule has 2 aromatic carbocycles. The molecule has 0 spiro atoms. The first-order valence-electron chi connectivity index (χ1n) is 8.39. The molecule has 1 atom stereocenters. The zero-order valence-corrected chi connectivity index (χ0v) is 16.0. The maximum Gasteiger partial charge on any atom is 0.319 e. The third-order valence-electron chi connectivity index (χ3n) is 4.39. The predicted octanol–water partition coefficient (Wildman–Crippen LogP) is 3.43. The molecule has 10 heteroatoms. The van der Waals surface area contributed by atoms with Crippen molar-refractivity contribution in [2.24, 2.45) is 0 Å². The Morgan fingerprint density at radius 3 is 2.86 bits per heavy atom. The third-order valence-corrected chi connectivity index (χ3v) is 6.44. The van der Waals surface area contributed by atoms with Gasteiger partial charge in [0, 0.05) is 16.3 Å². The second kappa shape index (κ2) is 7.25. The molecule has 1 unspecified atom stereocenters. The number of sulfone groups is 1. The number of amides is 2. The van der Waals surface area contributed by atoms with Crippen LogP contribution in [0.5, 0.6) is 0 Å². The normalized spacial score (nSPS) is 17.5. The van der Waals surface area contributed by atoms with Crippen LogP contribution in [-0.4, -0.2) is 30.4 Å². The third kappa shape index (κ3) is 3.71. The summed E-state index contributed by atoms with van der Waals surface area (Å²) >= 11 is 6.02. The molecule has 144 valence electrons. The molecular formula is C18H15ClN4O4S. The van der Waals surface area contributed by atoms with Crippen LogP contribution in [0.2, 0.25) is 5.02 Å². The second-order valence-electron chi connectivity index (χ2n) is 6.27. The highest BCUT2D eigenvalue weighted by atomic mass is 35.5. The van der Waals surface area contributed by atoms with Crippen LogP contribution in [-0.2, 0) is 9.84 Å². The number of halogens is 1. The number of nitrogens with zero attached hydrogens (tertiary/aromatic N) is 2. The van der Waals surface area contributed by atoms with E-state index in [9.17, 15) is 13.2 Å². The molecule has 0 aliphatic carbocycles. The lowest BCUT2D eigenvalue weighted by atomic mass is 10.0. The van der Waals surface area contributed by atoms with E-state index in [0.29, 0.717) is 27.7 Å². The van der Waals surface area contributed by atoms with Gasteiger partial charge in [0.15, 0.2) is 9.84 Å². The van der Waals surface area contributed by atoms with E-state index >= 15 is 0 Å². The molecule has 0 saturated heterocycles. The maximum atomic E-state index is 12.5. The molecule has 0 radical (unpaired) electrons. The van der Waals surface area contributed by atoms with Crippen LogP contribution in [0.3, 0.4) is 0 Å². The van der Waals surface area contributed by atoms with Gasteiger partial charge in [0.05, 0.1) is 16.7 Å². The van der Waals surface area contributed by atoms with Gasteiger partial charge in [-0.2, -0.15) is 0 Å². The van der Waals surface area contributed by atoms with Crippen molar-refractivity contribution in [1.82, 2.24) is 15.5 Å². The Morgan fingerprint density at radius 2 is 2.07 bits per heavy atom. The van der Waals surface area contributed by atoms with Gasteiger partial charge >= 0.3 is 6.03 Å². The van der Waals surface area contributed by atoms with Crippen molar-refractivity contribution in [3.63, 3.8) is 0 Å². The van der Waals surface area contributed by atoms with Crippen LogP contribution in [0.1, 0.15) is 18.0 Å². The first-order chi connectivity index (χ1) is 13.4. The number of fused-ring (bicyclic) bond motifs is 1. The van der Waals surface area contributed by atoms with Crippen LogP contribution < -0.4 is 10.6 Å². The Hall–Kier alpha value is -2.91. The quantitative estimate of drug-likeness (QED) is 0.673. The lowest BCUT2D eigenvalue weighted by molar-refractivity contribution is 0.248. The predicted molar refractivity (Wildman–Crippen MR) is 103 cm³/mol. The van der Waals surface area contributed by atoms with Gasteiger partial charge in [0.25, 0.3) is 0 Å². The van der Waals surface area contributed by atoms with Crippen molar-refractivity contribution in [3.8, 4) is 11.5 Å². The van der Waals surface area contributed by atoms with Crippen molar-refractivity contribution < 1.29 is 17.6 Å². The van der Waals surface area contributed by atoms with Gasteiger partial charge < -0.3 is 15.1 Å². The van der Waals surface area contributed by atoms with Gasteiger partial charge in [-0.05, 0) is 48.4 Å². The van der Waals surface area contributed by atoms with E-state index in [0.717, 1.165) is 0 Å². The van der Waals surface area contributed by atoms with Crippen molar-refractivity contribution in [2.75, 3.05) is 11.1 Å². The molecule has 1 aliphatic heterocycles. The molecule has 2 N–H and O–H groups in total. The summed E-state index contributed by atoms with van der Waals surface area (Å²) in [4.78, 5) is 12.7. The van der Waals surface area contributed by atoms with E-state index in [4.69, 9.17) is 16.0 Å².